The molecule has 0 atom stereocenters. The average Bonchev–Trinajstić information content (AvgIpc) is 3.00. The molecule has 0 amide bonds. The van der Waals surface area contributed by atoms with Crippen LogP contribution in [0.15, 0.2) is 48.6 Å². The first-order valence-electron chi connectivity index (χ1n) is 18.8. The van der Waals surface area contributed by atoms with E-state index >= 15 is 0 Å². The van der Waals surface area contributed by atoms with Gasteiger partial charge in [0.15, 0.2) is 0 Å². The summed E-state index contributed by atoms with van der Waals surface area (Å²) >= 11 is 0. The molecule has 0 radical (unpaired) electrons. The highest BCUT2D eigenvalue weighted by atomic mass is 16.1. The Morgan fingerprint density at radius 1 is 0.452 bits per heavy atom. The minimum absolute atomic E-state index is 0.482. The molecule has 1 saturated carbocycles. The molecular weight excluding hydrogens is 508 g/mol. The van der Waals surface area contributed by atoms with E-state index in [0.717, 1.165) is 25.7 Å². The summed E-state index contributed by atoms with van der Waals surface area (Å²) in [5.74, 6) is 0.516. The maximum atomic E-state index is 12.0. The van der Waals surface area contributed by atoms with Crippen molar-refractivity contribution in [3.05, 3.63) is 48.6 Å². The van der Waals surface area contributed by atoms with Crippen LogP contribution in [0.3, 0.4) is 0 Å². The molecule has 242 valence electrons. The van der Waals surface area contributed by atoms with Crippen molar-refractivity contribution in [1.82, 2.24) is 0 Å². The maximum absolute atomic E-state index is 12.0. The molecule has 1 aliphatic carbocycles. The first-order valence-corrected chi connectivity index (χ1v) is 18.8. The number of allylic oxidation sites excluding steroid dienone is 8. The van der Waals surface area contributed by atoms with Crippen molar-refractivity contribution in [2.75, 3.05) is 0 Å². The monoisotopic (exact) mass is 581 g/mol. The van der Waals surface area contributed by atoms with E-state index in [0.29, 0.717) is 11.2 Å². The fraction of sp³-hybridized carbons (Fsp3) is 0.780. The van der Waals surface area contributed by atoms with Gasteiger partial charge in [0.05, 0.1) is 0 Å². The number of Topliss-reactive ketones (excluding diaryl/α,β-unsaturated/α-hetero) is 1. The maximum Gasteiger partial charge on any atom is 0.132 e. The van der Waals surface area contributed by atoms with Gasteiger partial charge in [0, 0.05) is 12.8 Å². The van der Waals surface area contributed by atoms with Gasteiger partial charge in [-0.3, -0.25) is 4.79 Å². The molecule has 42 heavy (non-hydrogen) atoms. The summed E-state index contributed by atoms with van der Waals surface area (Å²) in [5.41, 5.74) is 0.482. The van der Waals surface area contributed by atoms with Crippen LogP contribution >= 0.6 is 0 Å². The number of ketones is 1. The van der Waals surface area contributed by atoms with E-state index in [1.54, 1.807) is 0 Å². The van der Waals surface area contributed by atoms with Crippen LogP contribution in [0.2, 0.25) is 0 Å². The molecule has 0 spiro atoms. The molecule has 0 aromatic carbocycles. The lowest BCUT2D eigenvalue weighted by Crippen LogP contribution is -2.27. The summed E-state index contributed by atoms with van der Waals surface area (Å²) < 4.78 is 0. The van der Waals surface area contributed by atoms with Gasteiger partial charge in [-0.1, -0.05) is 146 Å². The molecule has 1 nitrogen and oxygen atoms in total. The molecule has 0 aromatic rings. The van der Waals surface area contributed by atoms with Gasteiger partial charge >= 0.3 is 0 Å². The largest absolute Gasteiger partial charge is 0.300 e. The van der Waals surface area contributed by atoms with E-state index in [-0.39, 0.29) is 0 Å². The Balaban J connectivity index is 2.05. The average molecular weight is 581 g/mol. The van der Waals surface area contributed by atoms with E-state index < -0.39 is 0 Å². The van der Waals surface area contributed by atoms with Crippen LogP contribution in [0.5, 0.6) is 0 Å². The molecule has 0 N–H and O–H groups in total. The van der Waals surface area contributed by atoms with Gasteiger partial charge < -0.3 is 0 Å². The van der Waals surface area contributed by atoms with Gasteiger partial charge in [-0.05, 0) is 95.3 Å². The molecule has 1 aliphatic rings. The Labute approximate surface area is 264 Å². The predicted octanol–water partition coefficient (Wildman–Crippen LogP) is 14.1. The minimum atomic E-state index is 0.482. The van der Waals surface area contributed by atoms with Crippen molar-refractivity contribution in [1.29, 1.82) is 0 Å². The van der Waals surface area contributed by atoms with Crippen LogP contribution < -0.4 is 0 Å². The van der Waals surface area contributed by atoms with Crippen LogP contribution in [0.4, 0.5) is 0 Å². The predicted molar refractivity (Wildman–Crippen MR) is 189 cm³/mol. The van der Waals surface area contributed by atoms with Crippen molar-refractivity contribution in [2.45, 2.75) is 200 Å². The highest BCUT2D eigenvalue weighted by Gasteiger charge is 2.33. The number of rotatable bonds is 29. The summed E-state index contributed by atoms with van der Waals surface area (Å²) in [6.45, 7) is 4.53. The fourth-order valence-corrected chi connectivity index (χ4v) is 6.48. The SMILES string of the molecule is CCCCC/C=C\C/C=C\CCCCCCCCC1(CCCCCCC/C=C/C/C=C\CCCCC)CCC(=O)CC1. The van der Waals surface area contributed by atoms with Gasteiger partial charge in [-0.25, -0.2) is 0 Å². The van der Waals surface area contributed by atoms with Crippen LogP contribution in [0.1, 0.15) is 200 Å². The van der Waals surface area contributed by atoms with Gasteiger partial charge in [0.1, 0.15) is 5.78 Å². The van der Waals surface area contributed by atoms with Gasteiger partial charge in [0.25, 0.3) is 0 Å². The molecule has 0 unspecified atom stereocenters. The highest BCUT2D eigenvalue weighted by molar-refractivity contribution is 5.79. The van der Waals surface area contributed by atoms with Crippen molar-refractivity contribution >= 4 is 5.78 Å². The molecule has 0 aliphatic heterocycles. The molecule has 1 heteroatoms. The van der Waals surface area contributed by atoms with E-state index in [1.807, 2.05) is 0 Å². The third-order valence-corrected chi connectivity index (χ3v) is 9.43. The zero-order valence-corrected chi connectivity index (χ0v) is 28.5. The van der Waals surface area contributed by atoms with E-state index in [4.69, 9.17) is 0 Å². The van der Waals surface area contributed by atoms with Gasteiger partial charge in [-0.2, -0.15) is 0 Å². The molecule has 0 bridgehead atoms. The lowest BCUT2D eigenvalue weighted by atomic mass is 9.67. The minimum Gasteiger partial charge on any atom is -0.300 e. The Morgan fingerprint density at radius 3 is 1.17 bits per heavy atom. The summed E-state index contributed by atoms with van der Waals surface area (Å²) in [7, 11) is 0. The van der Waals surface area contributed by atoms with Crippen LogP contribution in [-0.2, 0) is 4.79 Å². The summed E-state index contributed by atoms with van der Waals surface area (Å²) in [6.07, 6.45) is 55.9. The van der Waals surface area contributed by atoms with E-state index in [2.05, 4.69) is 62.5 Å². The van der Waals surface area contributed by atoms with Crippen LogP contribution in [-0.4, -0.2) is 5.78 Å². The zero-order chi connectivity index (χ0) is 30.2. The lowest BCUT2D eigenvalue weighted by Gasteiger charge is -2.37. The quantitative estimate of drug-likeness (QED) is 0.0635. The second-order valence-corrected chi connectivity index (χ2v) is 13.4. The Morgan fingerprint density at radius 2 is 0.786 bits per heavy atom. The van der Waals surface area contributed by atoms with Crippen LogP contribution in [0.25, 0.3) is 0 Å². The fourth-order valence-electron chi connectivity index (χ4n) is 6.48. The van der Waals surface area contributed by atoms with E-state index in [1.165, 1.54) is 161 Å². The van der Waals surface area contributed by atoms with Crippen molar-refractivity contribution < 1.29 is 4.79 Å². The third-order valence-electron chi connectivity index (χ3n) is 9.43. The second-order valence-electron chi connectivity index (χ2n) is 13.4. The lowest BCUT2D eigenvalue weighted by molar-refractivity contribution is -0.122. The smallest absolute Gasteiger partial charge is 0.132 e. The van der Waals surface area contributed by atoms with Crippen molar-refractivity contribution in [3.63, 3.8) is 0 Å². The first-order chi connectivity index (χ1) is 20.7. The molecule has 0 saturated heterocycles. The Hall–Kier alpha value is -1.37. The Kier molecular flexibility index (Phi) is 27.3. The number of carbonyl (C=O) groups excluding carboxylic acids is 1. The molecule has 0 heterocycles. The zero-order valence-electron chi connectivity index (χ0n) is 28.5. The van der Waals surface area contributed by atoms with Crippen molar-refractivity contribution in [2.24, 2.45) is 5.41 Å². The van der Waals surface area contributed by atoms with Crippen LogP contribution in [0, 0.1) is 5.41 Å². The number of hydrogen-bond donors (Lipinski definition) is 0. The normalized spacial score (nSPS) is 15.8. The summed E-state index contributed by atoms with van der Waals surface area (Å²) in [5, 5.41) is 0. The highest BCUT2D eigenvalue weighted by Crippen LogP contribution is 2.44. The molecular formula is C41H72O. The Bertz CT molecular complexity index is 698. The number of carbonyl (C=O) groups is 1. The topological polar surface area (TPSA) is 17.1 Å². The van der Waals surface area contributed by atoms with Crippen molar-refractivity contribution in [3.8, 4) is 0 Å². The summed E-state index contributed by atoms with van der Waals surface area (Å²) in [4.78, 5) is 12.0. The number of hydrogen-bond acceptors (Lipinski definition) is 1. The first kappa shape index (κ1) is 38.7. The number of unbranched alkanes of at least 4 members (excludes halogenated alkanes) is 17. The third kappa shape index (κ3) is 24.1. The van der Waals surface area contributed by atoms with Gasteiger partial charge in [-0.15, -0.1) is 0 Å². The van der Waals surface area contributed by atoms with E-state index in [9.17, 15) is 4.79 Å². The standard InChI is InChI=1S/C41H72O/c1-3-5-7-9-11-13-15-17-19-21-23-25-27-29-31-33-37-41(38-34-40(42)35-39-41)36-32-30-28-26-24-22-20-18-16-14-12-10-8-6-4-2/h11-14,17-20H,3-10,15-16,21-39H2,1-2H3/b13-11-,14-12-,19-17-,20-18+. The van der Waals surface area contributed by atoms with Gasteiger partial charge in [0.2, 0.25) is 0 Å². The molecule has 1 rings (SSSR count). The second kappa shape index (κ2) is 29.7. The molecule has 1 fully saturated rings. The molecule has 0 aromatic heterocycles. The summed E-state index contributed by atoms with van der Waals surface area (Å²) in [6, 6.07) is 0.